The van der Waals surface area contributed by atoms with Crippen molar-refractivity contribution in [3.8, 4) is 0 Å². The minimum atomic E-state index is -1.74. The molecule has 0 aromatic heterocycles. The molecule has 8 heteroatoms. The summed E-state index contributed by atoms with van der Waals surface area (Å²) in [7, 11) is 0. The van der Waals surface area contributed by atoms with E-state index in [1.165, 1.54) is 0 Å². The largest absolute Gasteiger partial charge is 0.388 e. The van der Waals surface area contributed by atoms with Gasteiger partial charge >= 0.3 is 11.8 Å². The molecule has 0 aliphatic heterocycles. The van der Waals surface area contributed by atoms with E-state index in [0.29, 0.717) is 18.9 Å². The first kappa shape index (κ1) is 18.3. The molecule has 1 aliphatic carbocycles. The summed E-state index contributed by atoms with van der Waals surface area (Å²) in [6, 6.07) is 1.46. The highest BCUT2D eigenvalue weighted by Gasteiger charge is 2.29. The van der Waals surface area contributed by atoms with Crippen LogP contribution < -0.4 is 10.6 Å². The van der Waals surface area contributed by atoms with E-state index in [-0.39, 0.29) is 6.54 Å². The summed E-state index contributed by atoms with van der Waals surface area (Å²) in [5, 5.41) is 14.6. The van der Waals surface area contributed by atoms with E-state index < -0.39 is 40.6 Å². The van der Waals surface area contributed by atoms with Crippen LogP contribution >= 0.6 is 0 Å². The van der Waals surface area contributed by atoms with Crippen molar-refractivity contribution in [2.45, 2.75) is 44.1 Å². The Labute approximate surface area is 137 Å². The van der Waals surface area contributed by atoms with E-state index in [1.54, 1.807) is 0 Å². The molecule has 0 spiro atoms. The van der Waals surface area contributed by atoms with Gasteiger partial charge in [-0.25, -0.2) is 13.2 Å². The molecule has 0 saturated heterocycles. The molecular formula is C16H19F3N2O3. The zero-order valence-corrected chi connectivity index (χ0v) is 13.0. The third kappa shape index (κ3) is 4.47. The number of aliphatic hydroxyl groups is 1. The summed E-state index contributed by atoms with van der Waals surface area (Å²) in [5.41, 5.74) is -1.71. The Morgan fingerprint density at radius 3 is 2.25 bits per heavy atom. The lowest BCUT2D eigenvalue weighted by Crippen LogP contribution is -2.46. The van der Waals surface area contributed by atoms with Crippen LogP contribution in [0.15, 0.2) is 12.1 Å². The lowest BCUT2D eigenvalue weighted by molar-refractivity contribution is -0.137. The molecule has 0 radical (unpaired) electrons. The average molecular weight is 344 g/mol. The molecule has 1 fully saturated rings. The first-order valence-electron chi connectivity index (χ1n) is 7.77. The van der Waals surface area contributed by atoms with Crippen LogP contribution in [0.1, 0.15) is 38.5 Å². The maximum Gasteiger partial charge on any atom is 0.313 e. The number of nitrogens with one attached hydrogen (secondary N) is 2. The Morgan fingerprint density at radius 2 is 1.62 bits per heavy atom. The summed E-state index contributed by atoms with van der Waals surface area (Å²) in [4.78, 5) is 23.5. The summed E-state index contributed by atoms with van der Waals surface area (Å²) in [5.74, 6) is -7.03. The Kier molecular flexibility index (Phi) is 5.82. The Balaban J connectivity index is 1.93. The third-order valence-electron chi connectivity index (χ3n) is 4.10. The topological polar surface area (TPSA) is 78.4 Å². The van der Waals surface area contributed by atoms with Crippen LogP contribution in [-0.4, -0.2) is 29.1 Å². The van der Waals surface area contributed by atoms with E-state index >= 15 is 0 Å². The highest BCUT2D eigenvalue weighted by molar-refractivity contribution is 6.39. The van der Waals surface area contributed by atoms with Gasteiger partial charge in [-0.3, -0.25) is 9.59 Å². The summed E-state index contributed by atoms with van der Waals surface area (Å²) < 4.78 is 39.4. The fraction of sp³-hybridized carbons (Fsp3) is 0.500. The molecule has 3 N–H and O–H groups in total. The van der Waals surface area contributed by atoms with Crippen LogP contribution in [0.4, 0.5) is 18.9 Å². The molecule has 0 unspecified atom stereocenters. The quantitative estimate of drug-likeness (QED) is 0.447. The van der Waals surface area contributed by atoms with Crippen molar-refractivity contribution in [1.29, 1.82) is 0 Å². The van der Waals surface area contributed by atoms with Crippen molar-refractivity contribution in [3.63, 3.8) is 0 Å². The van der Waals surface area contributed by atoms with Gasteiger partial charge in [0.1, 0.15) is 0 Å². The van der Waals surface area contributed by atoms with Crippen LogP contribution in [0.5, 0.6) is 0 Å². The van der Waals surface area contributed by atoms with E-state index in [0.717, 1.165) is 31.7 Å². The van der Waals surface area contributed by atoms with E-state index in [2.05, 4.69) is 5.32 Å². The van der Waals surface area contributed by atoms with Gasteiger partial charge in [0.05, 0.1) is 11.3 Å². The smallest absolute Gasteiger partial charge is 0.313 e. The number of carbonyl (C=O) groups is 2. The maximum atomic E-state index is 13.5. The Hall–Kier alpha value is -2.09. The van der Waals surface area contributed by atoms with Crippen molar-refractivity contribution in [3.05, 3.63) is 29.6 Å². The van der Waals surface area contributed by atoms with E-state index in [9.17, 15) is 27.9 Å². The predicted octanol–water partition coefficient (Wildman–Crippen LogP) is 2.24. The fourth-order valence-corrected chi connectivity index (χ4v) is 2.69. The van der Waals surface area contributed by atoms with Crippen molar-refractivity contribution in [2.24, 2.45) is 0 Å². The van der Waals surface area contributed by atoms with Gasteiger partial charge in [-0.05, 0) is 25.0 Å². The molecule has 2 rings (SSSR count). The molecule has 1 aromatic carbocycles. The summed E-state index contributed by atoms with van der Waals surface area (Å²) in [6.45, 7) is -0.0977. The van der Waals surface area contributed by atoms with Gasteiger partial charge in [0.2, 0.25) is 0 Å². The molecule has 0 heterocycles. The average Bonchev–Trinajstić information content (AvgIpc) is 2.78. The van der Waals surface area contributed by atoms with Crippen LogP contribution in [0, 0.1) is 17.5 Å². The second-order valence-electron chi connectivity index (χ2n) is 6.00. The van der Waals surface area contributed by atoms with Gasteiger partial charge in [0, 0.05) is 6.54 Å². The molecule has 1 aliphatic rings. The van der Waals surface area contributed by atoms with Crippen molar-refractivity contribution < 1.29 is 27.9 Å². The number of anilines is 1. The third-order valence-corrected chi connectivity index (χ3v) is 4.10. The van der Waals surface area contributed by atoms with Gasteiger partial charge in [0.15, 0.2) is 17.5 Å². The van der Waals surface area contributed by atoms with Gasteiger partial charge in [-0.1, -0.05) is 25.7 Å². The molecule has 5 nitrogen and oxygen atoms in total. The first-order valence-corrected chi connectivity index (χ1v) is 7.77. The van der Waals surface area contributed by atoms with E-state index in [4.69, 9.17) is 0 Å². The number of hydrogen-bond donors (Lipinski definition) is 3. The van der Waals surface area contributed by atoms with Gasteiger partial charge in [-0.15, -0.1) is 0 Å². The maximum absolute atomic E-state index is 13.5. The normalized spacial score (nSPS) is 17.0. The molecule has 1 aromatic rings. The molecule has 1 saturated carbocycles. The molecule has 0 atom stereocenters. The fourth-order valence-electron chi connectivity index (χ4n) is 2.69. The van der Waals surface area contributed by atoms with Crippen LogP contribution in [0.25, 0.3) is 0 Å². The minimum absolute atomic E-state index is 0.0977. The molecular weight excluding hydrogens is 325 g/mol. The van der Waals surface area contributed by atoms with Crippen LogP contribution in [0.2, 0.25) is 0 Å². The summed E-state index contributed by atoms with van der Waals surface area (Å²) in [6.07, 6.45) is 4.72. The molecule has 24 heavy (non-hydrogen) atoms. The zero-order chi connectivity index (χ0) is 17.7. The molecule has 0 bridgehead atoms. The summed E-state index contributed by atoms with van der Waals surface area (Å²) >= 11 is 0. The SMILES string of the molecule is O=C(NCC1(O)CCCCCC1)C(=O)Nc1ccc(F)c(F)c1F. The van der Waals surface area contributed by atoms with Crippen LogP contribution in [-0.2, 0) is 9.59 Å². The first-order chi connectivity index (χ1) is 11.3. The number of hydrogen-bond acceptors (Lipinski definition) is 3. The standard InChI is InChI=1S/C16H19F3N2O3/c17-10-5-6-11(13(19)12(10)18)21-15(23)14(22)20-9-16(24)7-3-1-2-4-8-16/h5-6,24H,1-4,7-9H2,(H,20,22)(H,21,23). The van der Waals surface area contributed by atoms with E-state index in [1.807, 2.05) is 5.32 Å². The van der Waals surface area contributed by atoms with Gasteiger partial charge in [-0.2, -0.15) is 0 Å². The van der Waals surface area contributed by atoms with Crippen molar-refractivity contribution in [1.82, 2.24) is 5.32 Å². The number of carbonyl (C=O) groups excluding carboxylic acids is 2. The lowest BCUT2D eigenvalue weighted by Gasteiger charge is -2.26. The number of halogens is 3. The van der Waals surface area contributed by atoms with Gasteiger partial charge in [0.25, 0.3) is 0 Å². The van der Waals surface area contributed by atoms with Crippen molar-refractivity contribution in [2.75, 3.05) is 11.9 Å². The van der Waals surface area contributed by atoms with Gasteiger partial charge < -0.3 is 15.7 Å². The predicted molar refractivity (Wildman–Crippen MR) is 80.6 cm³/mol. The lowest BCUT2D eigenvalue weighted by atomic mass is 9.94. The van der Waals surface area contributed by atoms with Crippen molar-refractivity contribution >= 4 is 17.5 Å². The zero-order valence-electron chi connectivity index (χ0n) is 13.0. The number of amides is 2. The highest BCUT2D eigenvalue weighted by Crippen LogP contribution is 2.26. The minimum Gasteiger partial charge on any atom is -0.388 e. The second kappa shape index (κ2) is 7.65. The van der Waals surface area contributed by atoms with Crippen LogP contribution in [0.3, 0.4) is 0 Å². The Bertz CT molecular complexity index is 629. The highest BCUT2D eigenvalue weighted by atomic mass is 19.2. The molecule has 132 valence electrons. The number of rotatable bonds is 3. The number of benzene rings is 1. The second-order valence-corrected chi connectivity index (χ2v) is 6.00. The molecule has 2 amide bonds. The Morgan fingerprint density at radius 1 is 1.00 bits per heavy atom. The monoisotopic (exact) mass is 344 g/mol.